The van der Waals surface area contributed by atoms with Crippen molar-refractivity contribution in [1.82, 2.24) is 5.32 Å². The number of hydrogen-bond donors (Lipinski definition) is 1. The lowest BCUT2D eigenvalue weighted by Gasteiger charge is -2.40. The summed E-state index contributed by atoms with van der Waals surface area (Å²) in [5.74, 6) is -1.48. The van der Waals surface area contributed by atoms with E-state index in [4.69, 9.17) is 0 Å². The first-order chi connectivity index (χ1) is 8.41. The number of carbonyl (C=O) groups excluding carboxylic acids is 1. The summed E-state index contributed by atoms with van der Waals surface area (Å²) < 4.78 is 40.0. The number of halogens is 3. The van der Waals surface area contributed by atoms with Crippen molar-refractivity contribution in [3.63, 3.8) is 0 Å². The third-order valence-corrected chi connectivity index (χ3v) is 3.50. The molecule has 1 aliphatic rings. The van der Waals surface area contributed by atoms with Crippen molar-refractivity contribution in [2.45, 2.75) is 31.0 Å². The number of benzene rings is 1. The highest BCUT2D eigenvalue weighted by Crippen LogP contribution is 2.37. The summed E-state index contributed by atoms with van der Waals surface area (Å²) in [6.45, 7) is 0.257. The smallest absolute Gasteiger partial charge is 0.261 e. The normalized spacial score (nSPS) is 32.1. The van der Waals surface area contributed by atoms with Crippen LogP contribution >= 0.6 is 0 Å². The van der Waals surface area contributed by atoms with Crippen LogP contribution in [0, 0.1) is 5.82 Å². The predicted octanol–water partition coefficient (Wildman–Crippen LogP) is 2.63. The van der Waals surface area contributed by atoms with E-state index in [1.807, 2.05) is 0 Å². The molecule has 1 amide bonds. The molecule has 0 saturated carbocycles. The van der Waals surface area contributed by atoms with Crippen molar-refractivity contribution in [2.75, 3.05) is 6.67 Å². The molecule has 1 N–H and O–H groups in total. The zero-order chi connectivity index (χ0) is 13.4. The van der Waals surface area contributed by atoms with E-state index in [-0.39, 0.29) is 12.8 Å². The van der Waals surface area contributed by atoms with Gasteiger partial charge in [0, 0.05) is 5.56 Å². The van der Waals surface area contributed by atoms with Gasteiger partial charge in [0.15, 0.2) is 0 Å². The van der Waals surface area contributed by atoms with E-state index >= 15 is 0 Å². The SMILES string of the molecule is C[C@@]1(c2ccccc2F)CCC(F)(CF)C(=O)N1. The zero-order valence-electron chi connectivity index (χ0n) is 9.97. The lowest BCUT2D eigenvalue weighted by molar-refractivity contribution is -0.140. The summed E-state index contributed by atoms with van der Waals surface area (Å²) in [4.78, 5) is 11.6. The molecule has 0 spiro atoms. The molecule has 0 bridgehead atoms. The van der Waals surface area contributed by atoms with Gasteiger partial charge in [0.2, 0.25) is 5.67 Å². The first-order valence-electron chi connectivity index (χ1n) is 5.74. The van der Waals surface area contributed by atoms with Crippen LogP contribution in [0.3, 0.4) is 0 Å². The molecule has 1 aromatic carbocycles. The molecule has 2 nitrogen and oxygen atoms in total. The van der Waals surface area contributed by atoms with Crippen molar-refractivity contribution in [2.24, 2.45) is 0 Å². The maximum atomic E-state index is 13.8. The third-order valence-electron chi connectivity index (χ3n) is 3.50. The van der Waals surface area contributed by atoms with E-state index in [2.05, 4.69) is 5.32 Å². The van der Waals surface area contributed by atoms with Gasteiger partial charge in [0.1, 0.15) is 12.5 Å². The van der Waals surface area contributed by atoms with Gasteiger partial charge in [0.25, 0.3) is 5.91 Å². The number of amides is 1. The van der Waals surface area contributed by atoms with Gasteiger partial charge in [0.05, 0.1) is 5.54 Å². The number of nitrogens with one attached hydrogen (secondary N) is 1. The van der Waals surface area contributed by atoms with Gasteiger partial charge in [-0.15, -0.1) is 0 Å². The molecule has 2 atom stereocenters. The monoisotopic (exact) mass is 257 g/mol. The van der Waals surface area contributed by atoms with Crippen molar-refractivity contribution < 1.29 is 18.0 Å². The topological polar surface area (TPSA) is 29.1 Å². The molecule has 0 radical (unpaired) electrons. The van der Waals surface area contributed by atoms with Crippen LogP contribution in [0.4, 0.5) is 13.2 Å². The minimum absolute atomic E-state index is 0.153. The molecule has 1 saturated heterocycles. The highest BCUT2D eigenvalue weighted by atomic mass is 19.2. The van der Waals surface area contributed by atoms with Crippen molar-refractivity contribution in [1.29, 1.82) is 0 Å². The van der Waals surface area contributed by atoms with Crippen LogP contribution < -0.4 is 5.32 Å². The lowest BCUT2D eigenvalue weighted by Crippen LogP contribution is -2.58. The second-order valence-electron chi connectivity index (χ2n) is 4.87. The fourth-order valence-corrected chi connectivity index (χ4v) is 2.22. The van der Waals surface area contributed by atoms with E-state index in [0.29, 0.717) is 5.56 Å². The molecule has 1 aliphatic heterocycles. The molecule has 0 aromatic heterocycles. The summed E-state index contributed by atoms with van der Waals surface area (Å²) in [6, 6.07) is 5.99. The van der Waals surface area contributed by atoms with Gasteiger partial charge < -0.3 is 5.32 Å². The Kier molecular flexibility index (Phi) is 3.09. The second-order valence-corrected chi connectivity index (χ2v) is 4.87. The minimum Gasteiger partial charge on any atom is -0.344 e. The van der Waals surface area contributed by atoms with E-state index in [9.17, 15) is 18.0 Å². The fraction of sp³-hybridized carbons (Fsp3) is 0.462. The lowest BCUT2D eigenvalue weighted by atomic mass is 9.79. The average molecular weight is 257 g/mol. The largest absolute Gasteiger partial charge is 0.344 e. The second kappa shape index (κ2) is 4.30. The van der Waals surface area contributed by atoms with E-state index in [0.717, 1.165) is 0 Å². The Morgan fingerprint density at radius 3 is 2.56 bits per heavy atom. The molecule has 1 heterocycles. The van der Waals surface area contributed by atoms with Crippen LogP contribution in [-0.2, 0) is 10.3 Å². The third kappa shape index (κ3) is 1.98. The highest BCUT2D eigenvalue weighted by Gasteiger charge is 2.48. The van der Waals surface area contributed by atoms with Gasteiger partial charge in [-0.25, -0.2) is 13.2 Å². The molecule has 5 heteroatoms. The Bertz CT molecular complexity index is 479. The van der Waals surface area contributed by atoms with Gasteiger partial charge in [-0.05, 0) is 25.8 Å². The zero-order valence-corrected chi connectivity index (χ0v) is 9.97. The summed E-state index contributed by atoms with van der Waals surface area (Å²) in [5, 5.41) is 2.40. The number of rotatable bonds is 2. The summed E-state index contributed by atoms with van der Waals surface area (Å²) in [6.07, 6.45) is -0.0970. The van der Waals surface area contributed by atoms with Crippen molar-refractivity contribution in [3.05, 3.63) is 35.6 Å². The van der Waals surface area contributed by atoms with E-state index in [1.165, 1.54) is 18.2 Å². The van der Waals surface area contributed by atoms with Gasteiger partial charge >= 0.3 is 0 Å². The predicted molar refractivity (Wildman–Crippen MR) is 60.9 cm³/mol. The highest BCUT2D eigenvalue weighted by molar-refractivity contribution is 5.87. The average Bonchev–Trinajstić information content (AvgIpc) is 2.35. The minimum atomic E-state index is -2.48. The standard InChI is InChI=1S/C13H14F3NO/c1-12(9-4-2-3-5-10(9)15)6-7-13(16,8-14)11(18)17-12/h2-5H,6-8H2,1H3,(H,17,18)/t12-,13?/m0/s1. The first kappa shape index (κ1) is 12.9. The fourth-order valence-electron chi connectivity index (χ4n) is 2.22. The number of carbonyl (C=O) groups is 1. The van der Waals surface area contributed by atoms with Crippen LogP contribution in [0.2, 0.25) is 0 Å². The molecular formula is C13H14F3NO. The van der Waals surface area contributed by atoms with Crippen molar-refractivity contribution >= 4 is 5.91 Å². The van der Waals surface area contributed by atoms with E-state index in [1.54, 1.807) is 13.0 Å². The first-order valence-corrected chi connectivity index (χ1v) is 5.74. The van der Waals surface area contributed by atoms with Crippen LogP contribution in [-0.4, -0.2) is 18.3 Å². The molecule has 1 aromatic rings. The molecule has 0 aliphatic carbocycles. The quantitative estimate of drug-likeness (QED) is 0.867. The Morgan fingerprint density at radius 1 is 1.33 bits per heavy atom. The molecule has 1 fully saturated rings. The maximum Gasteiger partial charge on any atom is 0.261 e. The Hall–Kier alpha value is -1.52. The summed E-state index contributed by atoms with van der Waals surface area (Å²) in [5.41, 5.74) is -3.18. The van der Waals surface area contributed by atoms with Crippen LogP contribution in [0.15, 0.2) is 24.3 Å². The molecule has 18 heavy (non-hydrogen) atoms. The van der Waals surface area contributed by atoms with Crippen LogP contribution in [0.1, 0.15) is 25.3 Å². The molecule has 2 rings (SSSR count). The maximum absolute atomic E-state index is 13.8. The Labute approximate surface area is 103 Å². The number of piperidine rings is 1. The van der Waals surface area contributed by atoms with Crippen LogP contribution in [0.25, 0.3) is 0 Å². The molecule has 1 unspecified atom stereocenters. The number of alkyl halides is 2. The summed E-state index contributed by atoms with van der Waals surface area (Å²) >= 11 is 0. The van der Waals surface area contributed by atoms with Crippen molar-refractivity contribution in [3.8, 4) is 0 Å². The van der Waals surface area contributed by atoms with Gasteiger partial charge in [-0.2, -0.15) is 0 Å². The van der Waals surface area contributed by atoms with Crippen LogP contribution in [0.5, 0.6) is 0 Å². The van der Waals surface area contributed by atoms with Gasteiger partial charge in [-0.1, -0.05) is 18.2 Å². The Balaban J connectivity index is 2.31. The molecular weight excluding hydrogens is 243 g/mol. The Morgan fingerprint density at radius 2 is 2.00 bits per heavy atom. The molecule has 98 valence electrons. The van der Waals surface area contributed by atoms with E-state index < -0.39 is 29.6 Å². The summed E-state index contributed by atoms with van der Waals surface area (Å²) in [7, 11) is 0. The number of hydrogen-bond acceptors (Lipinski definition) is 1. The van der Waals surface area contributed by atoms with Gasteiger partial charge in [-0.3, -0.25) is 4.79 Å².